The van der Waals surface area contributed by atoms with Gasteiger partial charge in [-0.1, -0.05) is 41.3 Å². The molecule has 3 aromatic heterocycles. The van der Waals surface area contributed by atoms with E-state index in [-0.39, 0.29) is 56.4 Å². The van der Waals surface area contributed by atoms with Gasteiger partial charge in [-0.05, 0) is 67.4 Å². The van der Waals surface area contributed by atoms with Crippen molar-refractivity contribution in [3.05, 3.63) is 104 Å². The Kier molecular flexibility index (Phi) is 13.1. The minimum absolute atomic E-state index is 0.0189. The highest BCUT2D eigenvalue weighted by Gasteiger charge is 2.62. The zero-order valence-electron chi connectivity index (χ0n) is 33.4. The Labute approximate surface area is 367 Å². The maximum absolute atomic E-state index is 14.2. The highest BCUT2D eigenvalue weighted by atomic mass is 35.5. The van der Waals surface area contributed by atoms with Crippen LogP contribution in [0.25, 0.3) is 22.7 Å². The molecule has 1 saturated heterocycles. The molecule has 2 amide bonds. The van der Waals surface area contributed by atoms with Gasteiger partial charge in [-0.3, -0.25) is 19.4 Å². The van der Waals surface area contributed by atoms with Crippen LogP contribution in [0.15, 0.2) is 71.0 Å². The SMILES string of the molecule is CCN1OC[C@@H](NC(=O)c2ccc(C3=NOC(c4cc(Cl)cc(Cl)c4)(C(F)(F)F)C3)cc2C)C1=O.CCS(=O)(=O)c1cc(C(F)(F)F)cnc1-c1nc2cc(C(F)(F)F)cnc2n1C. The molecule has 5 heterocycles. The number of amides is 2. The zero-order chi connectivity index (χ0) is 47.3. The molecular weight excluding hydrogens is 936 g/mol. The quantitative estimate of drug-likeness (QED) is 0.150. The van der Waals surface area contributed by atoms with Gasteiger partial charge in [0.25, 0.3) is 17.4 Å². The number of oxime groups is 1. The van der Waals surface area contributed by atoms with Gasteiger partial charge in [0.15, 0.2) is 21.3 Å². The summed E-state index contributed by atoms with van der Waals surface area (Å²) < 4.78 is 146. The van der Waals surface area contributed by atoms with E-state index in [4.69, 9.17) is 32.9 Å². The maximum atomic E-state index is 14.2. The fourth-order valence-corrected chi connectivity index (χ4v) is 8.19. The standard InChI is InChI=1S/C23H20Cl2F3N3O4.C16H12F6N4O2S/c1-3-31-21(33)19(11-34-31)29-20(32)17-5-4-13(6-12(17)2)18-10-22(35-30-18,23(26,27)28)14-7-15(24)9-16(25)8-14;1-3-29(27,28)11-5-9(16(20,21)22)6-23-12(11)14-25-10-4-8(15(17,18)19)7-24-13(10)26(14)2/h4-9,19H,3,10-11H2,1-2H3,(H,29,32);4-7H,3H2,1-2H3/t19-,22?;/m1./s1. The number of aryl methyl sites for hydroxylation is 2. The first-order valence-electron chi connectivity index (χ1n) is 18.5. The average molecular weight is 969 g/mol. The van der Waals surface area contributed by atoms with Crippen LogP contribution in [0.3, 0.4) is 0 Å². The molecule has 25 heteroatoms. The van der Waals surface area contributed by atoms with Crippen LogP contribution in [0, 0.1) is 6.92 Å². The first-order valence-corrected chi connectivity index (χ1v) is 21.0. The summed E-state index contributed by atoms with van der Waals surface area (Å²) in [4.78, 5) is 45.6. The molecule has 7 rings (SSSR count). The van der Waals surface area contributed by atoms with Crippen molar-refractivity contribution in [2.24, 2.45) is 12.2 Å². The number of benzene rings is 2. The molecule has 1 fully saturated rings. The zero-order valence-corrected chi connectivity index (χ0v) is 35.7. The summed E-state index contributed by atoms with van der Waals surface area (Å²) >= 11 is 11.9. The molecule has 0 saturated carbocycles. The largest absolute Gasteiger partial charge is 0.435 e. The molecule has 1 N–H and O–H groups in total. The number of hydrogen-bond acceptors (Lipinski definition) is 10. The molecule has 0 aliphatic carbocycles. The Morgan fingerprint density at radius 3 is 2.11 bits per heavy atom. The van der Waals surface area contributed by atoms with Gasteiger partial charge >= 0.3 is 18.5 Å². The number of carbonyl (C=O) groups excluding carboxylic acids is 2. The number of aromatic nitrogens is 4. The molecule has 2 aromatic carbocycles. The van der Waals surface area contributed by atoms with Gasteiger partial charge in [0.05, 0.1) is 27.5 Å². The number of hydroxylamine groups is 2. The number of nitrogens with zero attached hydrogens (tertiary/aromatic N) is 6. The predicted molar refractivity (Wildman–Crippen MR) is 212 cm³/mol. The van der Waals surface area contributed by atoms with E-state index in [1.807, 2.05) is 0 Å². The van der Waals surface area contributed by atoms with Crippen LogP contribution in [0.4, 0.5) is 39.5 Å². The van der Waals surface area contributed by atoms with Crippen LogP contribution in [0.5, 0.6) is 0 Å². The first kappa shape index (κ1) is 47.9. The summed E-state index contributed by atoms with van der Waals surface area (Å²) in [5.41, 5.74) is -4.85. The van der Waals surface area contributed by atoms with Crippen molar-refractivity contribution in [3.8, 4) is 11.5 Å². The van der Waals surface area contributed by atoms with Gasteiger partial charge in [0, 0.05) is 53.6 Å². The van der Waals surface area contributed by atoms with Crippen molar-refractivity contribution in [1.82, 2.24) is 29.9 Å². The number of fused-ring (bicyclic) bond motifs is 1. The topological polar surface area (TPSA) is 158 Å². The van der Waals surface area contributed by atoms with Crippen LogP contribution in [0.2, 0.25) is 10.0 Å². The molecule has 5 aromatic rings. The normalized spacial score (nSPS) is 18.2. The number of nitrogens with one attached hydrogen (secondary N) is 1. The third-order valence-electron chi connectivity index (χ3n) is 10.00. The van der Waals surface area contributed by atoms with E-state index in [0.717, 1.165) is 12.1 Å². The molecule has 0 radical (unpaired) electrons. The third-order valence-corrected chi connectivity index (χ3v) is 12.2. The monoisotopic (exact) mass is 967 g/mol. The van der Waals surface area contributed by atoms with E-state index in [0.29, 0.717) is 42.2 Å². The number of likely N-dealkylation sites (N-methyl/N-ethyl adjacent to an activating group) is 1. The maximum Gasteiger partial charge on any atom is 0.435 e. The number of halogens is 11. The van der Waals surface area contributed by atoms with E-state index in [2.05, 4.69) is 25.4 Å². The second-order valence-corrected chi connectivity index (χ2v) is 17.3. The van der Waals surface area contributed by atoms with E-state index in [1.54, 1.807) is 19.9 Å². The number of imidazole rings is 1. The van der Waals surface area contributed by atoms with Crippen molar-refractivity contribution in [1.29, 1.82) is 0 Å². The van der Waals surface area contributed by atoms with Crippen molar-refractivity contribution in [3.63, 3.8) is 0 Å². The summed E-state index contributed by atoms with van der Waals surface area (Å²) in [6, 6.07) is 8.44. The molecule has 2 atom stereocenters. The van der Waals surface area contributed by atoms with Crippen LogP contribution >= 0.6 is 23.2 Å². The lowest BCUT2D eigenvalue weighted by Crippen LogP contribution is -2.43. The summed E-state index contributed by atoms with van der Waals surface area (Å²) in [6.45, 7) is 4.99. The van der Waals surface area contributed by atoms with Gasteiger partial charge in [-0.2, -0.15) is 39.5 Å². The van der Waals surface area contributed by atoms with Crippen molar-refractivity contribution < 1.29 is 67.2 Å². The van der Waals surface area contributed by atoms with Crippen LogP contribution < -0.4 is 5.32 Å². The number of hydrogen-bond donors (Lipinski definition) is 1. The van der Waals surface area contributed by atoms with E-state index in [1.165, 1.54) is 41.8 Å². The summed E-state index contributed by atoms with van der Waals surface area (Å²) in [7, 11) is -2.82. The highest BCUT2D eigenvalue weighted by Crippen LogP contribution is 2.50. The second kappa shape index (κ2) is 17.5. The fourth-order valence-electron chi connectivity index (χ4n) is 6.61. The number of pyridine rings is 2. The van der Waals surface area contributed by atoms with E-state index < -0.39 is 79.8 Å². The number of rotatable bonds is 8. The highest BCUT2D eigenvalue weighted by molar-refractivity contribution is 7.91. The summed E-state index contributed by atoms with van der Waals surface area (Å²) in [5, 5.41) is 7.59. The minimum Gasteiger partial charge on any atom is -0.374 e. The van der Waals surface area contributed by atoms with Gasteiger partial charge in [0.1, 0.15) is 23.9 Å². The lowest BCUT2D eigenvalue weighted by molar-refractivity contribution is -0.275. The van der Waals surface area contributed by atoms with Crippen molar-refractivity contribution in [2.75, 3.05) is 18.9 Å². The minimum atomic E-state index is -4.83. The molecule has 342 valence electrons. The lowest BCUT2D eigenvalue weighted by atomic mass is 9.86. The number of alkyl halides is 9. The molecule has 2 aliphatic rings. The average Bonchev–Trinajstić information content (AvgIpc) is 3.92. The van der Waals surface area contributed by atoms with Crippen molar-refractivity contribution in [2.45, 2.75) is 62.3 Å². The van der Waals surface area contributed by atoms with Gasteiger partial charge < -0.3 is 14.7 Å². The number of carbonyl (C=O) groups is 2. The lowest BCUT2D eigenvalue weighted by Gasteiger charge is -2.29. The van der Waals surface area contributed by atoms with Crippen LogP contribution in [-0.4, -0.2) is 81.6 Å². The third kappa shape index (κ3) is 9.47. The Morgan fingerprint density at radius 2 is 1.55 bits per heavy atom. The predicted octanol–water partition coefficient (Wildman–Crippen LogP) is 8.64. The Hall–Kier alpha value is -5.52. The smallest absolute Gasteiger partial charge is 0.374 e. The van der Waals surface area contributed by atoms with E-state index >= 15 is 0 Å². The van der Waals surface area contributed by atoms with Crippen LogP contribution in [-0.2, 0) is 49.3 Å². The molecule has 64 heavy (non-hydrogen) atoms. The Bertz CT molecular complexity index is 2780. The van der Waals surface area contributed by atoms with Gasteiger partial charge in [-0.15, -0.1) is 0 Å². The molecule has 0 spiro atoms. The molecule has 0 bridgehead atoms. The van der Waals surface area contributed by atoms with Crippen LogP contribution in [0.1, 0.15) is 58.4 Å². The van der Waals surface area contributed by atoms with E-state index in [9.17, 15) is 57.5 Å². The van der Waals surface area contributed by atoms with Gasteiger partial charge in [0.2, 0.25) is 0 Å². The van der Waals surface area contributed by atoms with Crippen molar-refractivity contribution >= 4 is 61.7 Å². The summed E-state index contributed by atoms with van der Waals surface area (Å²) in [6.07, 6.45) is -13.9. The molecular formula is C39H32Cl2F9N7O6S. The Balaban J connectivity index is 0.000000216. The molecule has 2 aliphatic heterocycles. The molecule has 1 unspecified atom stereocenters. The Morgan fingerprint density at radius 1 is 0.922 bits per heavy atom. The second-order valence-electron chi connectivity index (χ2n) is 14.2. The summed E-state index contributed by atoms with van der Waals surface area (Å²) in [5.74, 6) is -1.59. The molecule has 13 nitrogen and oxygen atoms in total. The number of sulfone groups is 1. The fraction of sp³-hybridized carbons (Fsp3) is 0.333. The first-order chi connectivity index (χ1) is 29.7. The van der Waals surface area contributed by atoms with Gasteiger partial charge in [-0.25, -0.2) is 23.4 Å².